The summed E-state index contributed by atoms with van der Waals surface area (Å²) in [6.07, 6.45) is 0. The van der Waals surface area contributed by atoms with Gasteiger partial charge in [0.05, 0.1) is 6.04 Å². The van der Waals surface area contributed by atoms with Gasteiger partial charge in [-0.25, -0.2) is 5.06 Å². The van der Waals surface area contributed by atoms with E-state index in [2.05, 4.69) is 0 Å². The molecule has 0 fully saturated rings. The Morgan fingerprint density at radius 2 is 1.60 bits per heavy atom. The molecule has 0 bridgehead atoms. The van der Waals surface area contributed by atoms with Crippen LogP contribution in [0.1, 0.15) is 25.5 Å². The molecule has 0 spiro atoms. The zero-order valence-electron chi connectivity index (χ0n) is 11.5. The van der Waals surface area contributed by atoms with Crippen LogP contribution in [0.15, 0.2) is 54.6 Å². The summed E-state index contributed by atoms with van der Waals surface area (Å²) in [5.74, 6) is 1.09. The highest BCUT2D eigenvalue weighted by Gasteiger charge is 2.16. The van der Waals surface area contributed by atoms with Crippen LogP contribution in [0.3, 0.4) is 0 Å². The zero-order valence-corrected chi connectivity index (χ0v) is 11.5. The Labute approximate surface area is 118 Å². The number of amides is 1. The van der Waals surface area contributed by atoms with E-state index in [-0.39, 0.29) is 5.91 Å². The van der Waals surface area contributed by atoms with Crippen LogP contribution < -0.4 is 4.74 Å². The summed E-state index contributed by atoms with van der Waals surface area (Å²) in [5.41, 5.74) is 0.836. The number of hydrogen-bond acceptors (Lipinski definition) is 3. The highest BCUT2D eigenvalue weighted by Crippen LogP contribution is 2.24. The maximum Gasteiger partial charge on any atom is 0.243 e. The first-order chi connectivity index (χ1) is 9.58. The summed E-state index contributed by atoms with van der Waals surface area (Å²) in [7, 11) is 0. The van der Waals surface area contributed by atoms with Crippen LogP contribution in [0.25, 0.3) is 0 Å². The molecule has 4 heteroatoms. The molecular weight excluding hydrogens is 254 g/mol. The molecule has 104 valence electrons. The van der Waals surface area contributed by atoms with Crippen LogP contribution >= 0.6 is 0 Å². The quantitative estimate of drug-likeness (QED) is 0.680. The predicted molar refractivity (Wildman–Crippen MR) is 75.7 cm³/mol. The van der Waals surface area contributed by atoms with E-state index in [9.17, 15) is 10.0 Å². The van der Waals surface area contributed by atoms with Gasteiger partial charge >= 0.3 is 0 Å². The van der Waals surface area contributed by atoms with E-state index in [0.29, 0.717) is 10.8 Å². The van der Waals surface area contributed by atoms with Crippen LogP contribution in [-0.2, 0) is 4.79 Å². The SMILES string of the molecule is CC(=O)N(O)C(C)c1ccc(Oc2ccccc2)cc1. The molecule has 0 aromatic heterocycles. The highest BCUT2D eigenvalue weighted by molar-refractivity contribution is 5.72. The van der Waals surface area contributed by atoms with Gasteiger partial charge in [-0.3, -0.25) is 10.0 Å². The lowest BCUT2D eigenvalue weighted by Gasteiger charge is -2.21. The third-order valence-corrected chi connectivity index (χ3v) is 3.03. The van der Waals surface area contributed by atoms with E-state index in [1.807, 2.05) is 54.6 Å². The van der Waals surface area contributed by atoms with Crippen LogP contribution in [-0.4, -0.2) is 16.2 Å². The summed E-state index contributed by atoms with van der Waals surface area (Å²) in [6, 6.07) is 16.4. The lowest BCUT2D eigenvalue weighted by atomic mass is 10.1. The molecule has 0 aliphatic rings. The number of hydrogen-bond donors (Lipinski definition) is 1. The van der Waals surface area contributed by atoms with Gasteiger partial charge in [0.1, 0.15) is 11.5 Å². The van der Waals surface area contributed by atoms with Crippen molar-refractivity contribution >= 4 is 5.91 Å². The summed E-state index contributed by atoms with van der Waals surface area (Å²) in [4.78, 5) is 11.1. The molecule has 0 aliphatic carbocycles. The van der Waals surface area contributed by atoms with Crippen molar-refractivity contribution in [1.29, 1.82) is 0 Å². The molecule has 2 aromatic carbocycles. The Kier molecular flexibility index (Phi) is 4.38. The average molecular weight is 271 g/mol. The minimum atomic E-state index is -0.390. The Morgan fingerprint density at radius 3 is 2.15 bits per heavy atom. The smallest absolute Gasteiger partial charge is 0.243 e. The number of carbonyl (C=O) groups is 1. The molecule has 20 heavy (non-hydrogen) atoms. The molecule has 0 radical (unpaired) electrons. The Hall–Kier alpha value is -2.33. The van der Waals surface area contributed by atoms with Crippen LogP contribution in [0.2, 0.25) is 0 Å². The molecule has 2 rings (SSSR count). The normalized spacial score (nSPS) is 11.8. The van der Waals surface area contributed by atoms with Gasteiger partial charge in [-0.05, 0) is 36.8 Å². The Morgan fingerprint density at radius 1 is 1.05 bits per heavy atom. The zero-order chi connectivity index (χ0) is 14.5. The van der Waals surface area contributed by atoms with Gasteiger partial charge in [0.25, 0.3) is 0 Å². The van der Waals surface area contributed by atoms with Gasteiger partial charge in [0.15, 0.2) is 0 Å². The van der Waals surface area contributed by atoms with Crippen molar-refractivity contribution in [2.24, 2.45) is 0 Å². The molecule has 1 N–H and O–H groups in total. The van der Waals surface area contributed by atoms with Gasteiger partial charge < -0.3 is 4.74 Å². The summed E-state index contributed by atoms with van der Waals surface area (Å²) >= 11 is 0. The highest BCUT2D eigenvalue weighted by atomic mass is 16.5. The van der Waals surface area contributed by atoms with Crippen molar-refractivity contribution in [1.82, 2.24) is 5.06 Å². The number of hydroxylamine groups is 2. The van der Waals surface area contributed by atoms with Crippen molar-refractivity contribution in [3.63, 3.8) is 0 Å². The fourth-order valence-corrected chi connectivity index (χ4v) is 1.85. The number of para-hydroxylation sites is 1. The first-order valence-corrected chi connectivity index (χ1v) is 6.39. The molecule has 0 aliphatic heterocycles. The van der Waals surface area contributed by atoms with Crippen molar-refractivity contribution in [3.05, 3.63) is 60.2 Å². The lowest BCUT2D eigenvalue weighted by Crippen LogP contribution is -2.27. The van der Waals surface area contributed by atoms with Gasteiger partial charge in [-0.15, -0.1) is 0 Å². The van der Waals surface area contributed by atoms with Gasteiger partial charge in [0.2, 0.25) is 5.91 Å². The number of carbonyl (C=O) groups excluding carboxylic acids is 1. The van der Waals surface area contributed by atoms with E-state index in [1.165, 1.54) is 6.92 Å². The first kappa shape index (κ1) is 14.1. The number of nitrogens with zero attached hydrogens (tertiary/aromatic N) is 1. The first-order valence-electron chi connectivity index (χ1n) is 6.39. The number of benzene rings is 2. The number of rotatable bonds is 4. The average Bonchev–Trinajstić information content (AvgIpc) is 2.47. The Bertz CT molecular complexity index is 566. The molecule has 0 saturated carbocycles. The maximum absolute atomic E-state index is 11.1. The van der Waals surface area contributed by atoms with E-state index < -0.39 is 6.04 Å². The second-order valence-electron chi connectivity index (χ2n) is 4.52. The molecule has 0 saturated heterocycles. The minimum absolute atomic E-state index is 0.387. The standard InChI is InChI=1S/C16H17NO3/c1-12(17(19)13(2)18)14-8-10-16(11-9-14)20-15-6-4-3-5-7-15/h3-12,19H,1-2H3. The second-order valence-corrected chi connectivity index (χ2v) is 4.52. The third kappa shape index (κ3) is 3.36. The number of ether oxygens (including phenoxy) is 1. The van der Waals surface area contributed by atoms with E-state index in [1.54, 1.807) is 6.92 Å². The largest absolute Gasteiger partial charge is 0.457 e. The molecule has 1 amide bonds. The van der Waals surface area contributed by atoms with Crippen molar-refractivity contribution in [2.45, 2.75) is 19.9 Å². The van der Waals surface area contributed by atoms with E-state index >= 15 is 0 Å². The summed E-state index contributed by atoms with van der Waals surface area (Å²) in [5, 5.41) is 10.3. The maximum atomic E-state index is 11.1. The third-order valence-electron chi connectivity index (χ3n) is 3.03. The van der Waals surface area contributed by atoms with E-state index in [4.69, 9.17) is 4.74 Å². The topological polar surface area (TPSA) is 49.8 Å². The monoisotopic (exact) mass is 271 g/mol. The molecule has 4 nitrogen and oxygen atoms in total. The van der Waals surface area contributed by atoms with Crippen LogP contribution in [0.5, 0.6) is 11.5 Å². The van der Waals surface area contributed by atoms with Crippen molar-refractivity contribution in [3.8, 4) is 11.5 Å². The fraction of sp³-hybridized carbons (Fsp3) is 0.188. The molecule has 1 unspecified atom stereocenters. The molecular formula is C16H17NO3. The van der Waals surface area contributed by atoms with Gasteiger partial charge in [-0.1, -0.05) is 30.3 Å². The fourth-order valence-electron chi connectivity index (χ4n) is 1.85. The van der Waals surface area contributed by atoms with Crippen molar-refractivity contribution < 1.29 is 14.7 Å². The molecule has 1 atom stereocenters. The lowest BCUT2D eigenvalue weighted by molar-refractivity contribution is -0.172. The van der Waals surface area contributed by atoms with E-state index in [0.717, 1.165) is 11.3 Å². The minimum Gasteiger partial charge on any atom is -0.457 e. The van der Waals surface area contributed by atoms with Crippen LogP contribution in [0, 0.1) is 0 Å². The predicted octanol–water partition coefficient (Wildman–Crippen LogP) is 3.78. The van der Waals surface area contributed by atoms with Crippen molar-refractivity contribution in [2.75, 3.05) is 0 Å². The summed E-state index contributed by atoms with van der Waals surface area (Å²) in [6.45, 7) is 3.08. The Balaban J connectivity index is 2.08. The van der Waals surface area contributed by atoms with Gasteiger partial charge in [-0.2, -0.15) is 0 Å². The van der Waals surface area contributed by atoms with Crippen LogP contribution in [0.4, 0.5) is 0 Å². The summed E-state index contributed by atoms with van der Waals surface area (Å²) < 4.78 is 5.68. The second kappa shape index (κ2) is 6.21. The van der Waals surface area contributed by atoms with Gasteiger partial charge in [0, 0.05) is 6.92 Å². The molecule has 0 heterocycles. The molecule has 2 aromatic rings.